The molecule has 1 amide bonds. The molecule has 0 fully saturated rings. The Bertz CT molecular complexity index is 431. The average molecular weight is 290 g/mol. The van der Waals surface area contributed by atoms with Crippen LogP contribution in [0.5, 0.6) is 0 Å². The van der Waals surface area contributed by atoms with Crippen molar-refractivity contribution >= 4 is 11.6 Å². The monoisotopic (exact) mass is 290 g/mol. The molecule has 0 aliphatic heterocycles. The van der Waals surface area contributed by atoms with Crippen molar-refractivity contribution in [1.82, 2.24) is 4.90 Å². The number of nitrogens with zero attached hydrogens (tertiary/aromatic N) is 1. The lowest BCUT2D eigenvalue weighted by Gasteiger charge is -2.25. The molecular weight excluding hydrogens is 260 g/mol. The standard InChI is InChI=1S/C18H30N2O/c1-4-5-6-7-8-9-13-18(21)20(3)15(2)16-11-10-12-17(19)14-16/h10-12,14-15H,4-9,13,19H2,1-3H3. The van der Waals surface area contributed by atoms with Crippen molar-refractivity contribution in [2.24, 2.45) is 0 Å². The van der Waals surface area contributed by atoms with E-state index in [0.717, 1.165) is 24.1 Å². The van der Waals surface area contributed by atoms with Crippen LogP contribution < -0.4 is 5.73 Å². The molecule has 0 bridgehead atoms. The first-order chi connectivity index (χ1) is 10.1. The number of unbranched alkanes of at least 4 members (excludes halogenated alkanes) is 5. The van der Waals surface area contributed by atoms with E-state index in [-0.39, 0.29) is 11.9 Å². The van der Waals surface area contributed by atoms with Gasteiger partial charge in [-0.2, -0.15) is 0 Å². The summed E-state index contributed by atoms with van der Waals surface area (Å²) in [5.74, 6) is 0.223. The highest BCUT2D eigenvalue weighted by Crippen LogP contribution is 2.21. The summed E-state index contributed by atoms with van der Waals surface area (Å²) in [7, 11) is 1.88. The van der Waals surface area contributed by atoms with Crippen LogP contribution in [0.1, 0.15) is 70.4 Å². The second-order valence-corrected chi connectivity index (χ2v) is 5.87. The van der Waals surface area contributed by atoms with Gasteiger partial charge in [0.1, 0.15) is 0 Å². The molecule has 1 atom stereocenters. The molecule has 3 nitrogen and oxygen atoms in total. The molecule has 1 unspecified atom stereocenters. The summed E-state index contributed by atoms with van der Waals surface area (Å²) in [6, 6.07) is 7.84. The van der Waals surface area contributed by atoms with Crippen LogP contribution in [-0.2, 0) is 4.79 Å². The molecule has 0 aliphatic rings. The molecular formula is C18H30N2O. The molecule has 118 valence electrons. The second-order valence-electron chi connectivity index (χ2n) is 5.87. The third-order valence-electron chi connectivity index (χ3n) is 4.11. The Balaban J connectivity index is 2.36. The van der Waals surface area contributed by atoms with Gasteiger partial charge in [0.2, 0.25) is 5.91 Å². The van der Waals surface area contributed by atoms with E-state index >= 15 is 0 Å². The summed E-state index contributed by atoms with van der Waals surface area (Å²) < 4.78 is 0. The molecule has 1 rings (SSSR count). The van der Waals surface area contributed by atoms with Crippen LogP contribution in [0.25, 0.3) is 0 Å². The summed E-state index contributed by atoms with van der Waals surface area (Å²) in [6.45, 7) is 4.27. The number of rotatable bonds is 9. The van der Waals surface area contributed by atoms with Gasteiger partial charge in [0, 0.05) is 19.2 Å². The molecule has 1 aromatic rings. The van der Waals surface area contributed by atoms with E-state index in [2.05, 4.69) is 6.92 Å². The Morgan fingerprint density at radius 2 is 1.86 bits per heavy atom. The van der Waals surface area contributed by atoms with Gasteiger partial charge in [0.15, 0.2) is 0 Å². The van der Waals surface area contributed by atoms with Gasteiger partial charge in [-0.3, -0.25) is 4.79 Å². The maximum absolute atomic E-state index is 12.2. The fraction of sp³-hybridized carbons (Fsp3) is 0.611. The van der Waals surface area contributed by atoms with Crippen molar-refractivity contribution in [3.8, 4) is 0 Å². The smallest absolute Gasteiger partial charge is 0.222 e. The number of carbonyl (C=O) groups is 1. The van der Waals surface area contributed by atoms with Crippen molar-refractivity contribution in [2.45, 2.75) is 64.8 Å². The maximum atomic E-state index is 12.2. The predicted molar refractivity (Wildman–Crippen MR) is 90.0 cm³/mol. The highest BCUT2D eigenvalue weighted by molar-refractivity contribution is 5.76. The van der Waals surface area contributed by atoms with Gasteiger partial charge in [-0.25, -0.2) is 0 Å². The minimum absolute atomic E-state index is 0.0705. The van der Waals surface area contributed by atoms with Gasteiger partial charge in [-0.1, -0.05) is 51.2 Å². The molecule has 3 heteroatoms. The molecule has 0 radical (unpaired) electrons. The van der Waals surface area contributed by atoms with E-state index in [1.54, 1.807) is 0 Å². The van der Waals surface area contributed by atoms with Gasteiger partial charge < -0.3 is 10.6 Å². The number of benzene rings is 1. The molecule has 0 saturated heterocycles. The van der Waals surface area contributed by atoms with Crippen LogP contribution in [0.2, 0.25) is 0 Å². The minimum atomic E-state index is 0.0705. The number of carbonyl (C=O) groups excluding carboxylic acids is 1. The van der Waals surface area contributed by atoms with Crippen LogP contribution in [0.3, 0.4) is 0 Å². The fourth-order valence-corrected chi connectivity index (χ4v) is 2.49. The largest absolute Gasteiger partial charge is 0.399 e. The lowest BCUT2D eigenvalue weighted by Crippen LogP contribution is -2.29. The molecule has 0 aliphatic carbocycles. The van der Waals surface area contributed by atoms with Crippen molar-refractivity contribution in [2.75, 3.05) is 12.8 Å². The lowest BCUT2D eigenvalue weighted by atomic mass is 10.1. The first kappa shape index (κ1) is 17.5. The molecule has 2 N–H and O–H groups in total. The number of anilines is 1. The second kappa shape index (κ2) is 9.43. The highest BCUT2D eigenvalue weighted by Gasteiger charge is 2.16. The summed E-state index contributed by atoms with van der Waals surface area (Å²) in [6.07, 6.45) is 7.91. The van der Waals surface area contributed by atoms with Gasteiger partial charge in [0.05, 0.1) is 6.04 Å². The molecule has 0 heterocycles. The van der Waals surface area contributed by atoms with E-state index in [1.165, 1.54) is 25.7 Å². The average Bonchev–Trinajstić information content (AvgIpc) is 2.49. The SMILES string of the molecule is CCCCCCCCC(=O)N(C)C(C)c1cccc(N)c1. The number of hydrogen-bond donors (Lipinski definition) is 1. The highest BCUT2D eigenvalue weighted by atomic mass is 16.2. The van der Waals surface area contributed by atoms with Gasteiger partial charge in [-0.05, 0) is 31.0 Å². The lowest BCUT2D eigenvalue weighted by molar-refractivity contribution is -0.131. The van der Waals surface area contributed by atoms with E-state index in [4.69, 9.17) is 5.73 Å². The summed E-state index contributed by atoms with van der Waals surface area (Å²) >= 11 is 0. The molecule has 21 heavy (non-hydrogen) atoms. The first-order valence-electron chi connectivity index (χ1n) is 8.17. The zero-order valence-corrected chi connectivity index (χ0v) is 13.8. The number of nitrogens with two attached hydrogens (primary N) is 1. The van der Waals surface area contributed by atoms with E-state index in [0.29, 0.717) is 6.42 Å². The van der Waals surface area contributed by atoms with Gasteiger partial charge >= 0.3 is 0 Å². The Morgan fingerprint density at radius 3 is 2.52 bits per heavy atom. The zero-order chi connectivity index (χ0) is 15.7. The van der Waals surface area contributed by atoms with Crippen molar-refractivity contribution < 1.29 is 4.79 Å². The Kier molecular flexibility index (Phi) is 7.88. The maximum Gasteiger partial charge on any atom is 0.222 e. The van der Waals surface area contributed by atoms with Gasteiger partial charge in [0.25, 0.3) is 0 Å². The molecule has 0 spiro atoms. The van der Waals surface area contributed by atoms with Crippen LogP contribution in [0.4, 0.5) is 5.69 Å². The fourth-order valence-electron chi connectivity index (χ4n) is 2.49. The van der Waals surface area contributed by atoms with Gasteiger partial charge in [-0.15, -0.1) is 0 Å². The number of amides is 1. The zero-order valence-electron chi connectivity index (χ0n) is 13.8. The third-order valence-corrected chi connectivity index (χ3v) is 4.11. The van der Waals surface area contributed by atoms with Crippen LogP contribution >= 0.6 is 0 Å². The summed E-state index contributed by atoms with van der Waals surface area (Å²) in [5.41, 5.74) is 7.65. The van der Waals surface area contributed by atoms with Crippen molar-refractivity contribution in [3.63, 3.8) is 0 Å². The third kappa shape index (κ3) is 6.19. The normalized spacial score (nSPS) is 12.1. The summed E-state index contributed by atoms with van der Waals surface area (Å²) in [5, 5.41) is 0. The van der Waals surface area contributed by atoms with Crippen molar-refractivity contribution in [3.05, 3.63) is 29.8 Å². The quantitative estimate of drug-likeness (QED) is 0.536. The Hall–Kier alpha value is -1.51. The first-order valence-corrected chi connectivity index (χ1v) is 8.17. The summed E-state index contributed by atoms with van der Waals surface area (Å²) in [4.78, 5) is 14.1. The topological polar surface area (TPSA) is 46.3 Å². The van der Waals surface area contributed by atoms with Crippen LogP contribution in [0, 0.1) is 0 Å². The Labute approximate surface area is 129 Å². The predicted octanol–water partition coefficient (Wildman–Crippen LogP) is 4.54. The van der Waals surface area contributed by atoms with Crippen LogP contribution in [-0.4, -0.2) is 17.9 Å². The molecule has 0 aromatic heterocycles. The number of nitrogen functional groups attached to an aromatic ring is 1. The van der Waals surface area contributed by atoms with E-state index < -0.39 is 0 Å². The van der Waals surface area contributed by atoms with Crippen molar-refractivity contribution in [1.29, 1.82) is 0 Å². The number of hydrogen-bond acceptors (Lipinski definition) is 2. The van der Waals surface area contributed by atoms with Crippen LogP contribution in [0.15, 0.2) is 24.3 Å². The minimum Gasteiger partial charge on any atom is -0.399 e. The molecule has 0 saturated carbocycles. The Morgan fingerprint density at radius 1 is 1.19 bits per heavy atom. The van der Waals surface area contributed by atoms with E-state index in [9.17, 15) is 4.79 Å². The van der Waals surface area contributed by atoms with E-state index in [1.807, 2.05) is 43.1 Å². The molecule has 1 aromatic carbocycles.